The van der Waals surface area contributed by atoms with E-state index in [-0.39, 0.29) is 11.1 Å². The molecule has 0 aliphatic rings. The zero-order valence-corrected chi connectivity index (χ0v) is 13.7. The van der Waals surface area contributed by atoms with Crippen LogP contribution in [-0.2, 0) is 6.54 Å². The molecular weight excluding hydrogens is 403 g/mol. The molecule has 2 heterocycles. The van der Waals surface area contributed by atoms with Crippen molar-refractivity contribution in [1.82, 2.24) is 10.3 Å². The van der Waals surface area contributed by atoms with Crippen LogP contribution in [0, 0.1) is 0 Å². The molecule has 0 radical (unpaired) electrons. The molecule has 2 aromatic heterocycles. The highest BCUT2D eigenvalue weighted by molar-refractivity contribution is 9.10. The summed E-state index contributed by atoms with van der Waals surface area (Å²) in [4.78, 5) is 16.9. The molecule has 18 heavy (non-hydrogen) atoms. The van der Waals surface area contributed by atoms with Crippen LogP contribution in [0.25, 0.3) is 0 Å². The van der Waals surface area contributed by atoms with Gasteiger partial charge in [-0.1, -0.05) is 11.6 Å². The Kier molecular flexibility index (Phi) is 4.77. The summed E-state index contributed by atoms with van der Waals surface area (Å²) in [5.41, 5.74) is 0.363. The van der Waals surface area contributed by atoms with E-state index < -0.39 is 0 Å². The van der Waals surface area contributed by atoms with Crippen molar-refractivity contribution in [2.75, 3.05) is 0 Å². The molecule has 0 aliphatic carbocycles. The van der Waals surface area contributed by atoms with E-state index in [9.17, 15) is 4.79 Å². The van der Waals surface area contributed by atoms with Gasteiger partial charge in [0, 0.05) is 25.4 Å². The summed E-state index contributed by atoms with van der Waals surface area (Å²) in [6, 6.07) is 3.61. The molecule has 0 unspecified atom stereocenters. The first kappa shape index (κ1) is 14.0. The number of carbonyl (C=O) groups excluding carboxylic acids is 1. The van der Waals surface area contributed by atoms with Gasteiger partial charge in [0.2, 0.25) is 0 Å². The van der Waals surface area contributed by atoms with Gasteiger partial charge in [-0.25, -0.2) is 4.98 Å². The zero-order valence-electron chi connectivity index (χ0n) is 8.91. The van der Waals surface area contributed by atoms with E-state index in [1.54, 1.807) is 23.6 Å². The average molecular weight is 411 g/mol. The van der Waals surface area contributed by atoms with Crippen LogP contribution in [0.4, 0.5) is 0 Å². The first-order chi connectivity index (χ1) is 8.56. The first-order valence-electron chi connectivity index (χ1n) is 4.88. The second kappa shape index (κ2) is 6.14. The SMILES string of the molecule is O=C(NCc1cc(Br)cs1)c1cc(Br)cnc1Cl. The lowest BCUT2D eigenvalue weighted by molar-refractivity contribution is 0.0951. The Bertz CT molecular complexity index is 588. The maximum absolute atomic E-state index is 11.9. The number of nitrogens with zero attached hydrogens (tertiary/aromatic N) is 1. The van der Waals surface area contributed by atoms with Crippen LogP contribution >= 0.6 is 54.8 Å². The van der Waals surface area contributed by atoms with Gasteiger partial charge in [-0.3, -0.25) is 4.79 Å². The Morgan fingerprint density at radius 3 is 2.83 bits per heavy atom. The van der Waals surface area contributed by atoms with Gasteiger partial charge in [-0.15, -0.1) is 11.3 Å². The monoisotopic (exact) mass is 408 g/mol. The highest BCUT2D eigenvalue weighted by atomic mass is 79.9. The van der Waals surface area contributed by atoms with Crippen molar-refractivity contribution in [3.63, 3.8) is 0 Å². The van der Waals surface area contributed by atoms with Gasteiger partial charge in [-0.05, 0) is 44.0 Å². The number of halogens is 3. The zero-order chi connectivity index (χ0) is 13.1. The van der Waals surface area contributed by atoms with Gasteiger partial charge < -0.3 is 5.32 Å². The summed E-state index contributed by atoms with van der Waals surface area (Å²) < 4.78 is 1.73. The van der Waals surface area contributed by atoms with Crippen LogP contribution in [0.15, 0.2) is 32.7 Å². The molecule has 0 atom stereocenters. The molecule has 0 aliphatic heterocycles. The van der Waals surface area contributed by atoms with Crippen LogP contribution in [-0.4, -0.2) is 10.9 Å². The minimum Gasteiger partial charge on any atom is -0.347 e. The van der Waals surface area contributed by atoms with Crippen LogP contribution in [0.5, 0.6) is 0 Å². The number of rotatable bonds is 3. The highest BCUT2D eigenvalue weighted by Gasteiger charge is 2.12. The van der Waals surface area contributed by atoms with E-state index in [0.29, 0.717) is 12.1 Å². The summed E-state index contributed by atoms with van der Waals surface area (Å²) in [7, 11) is 0. The molecule has 2 aromatic rings. The predicted molar refractivity (Wildman–Crippen MR) is 80.1 cm³/mol. The molecule has 2 rings (SSSR count). The van der Waals surface area contributed by atoms with E-state index in [1.807, 2.05) is 11.4 Å². The minimum atomic E-state index is -0.238. The summed E-state index contributed by atoms with van der Waals surface area (Å²) >= 11 is 14.1. The van der Waals surface area contributed by atoms with E-state index in [0.717, 1.165) is 13.8 Å². The molecule has 1 N–H and O–H groups in total. The summed E-state index contributed by atoms with van der Waals surface area (Å²) in [5, 5.41) is 4.97. The quantitative estimate of drug-likeness (QED) is 0.769. The maximum Gasteiger partial charge on any atom is 0.254 e. The van der Waals surface area contributed by atoms with E-state index in [4.69, 9.17) is 11.6 Å². The van der Waals surface area contributed by atoms with Crippen molar-refractivity contribution >= 4 is 60.7 Å². The van der Waals surface area contributed by atoms with Crippen LogP contribution < -0.4 is 5.32 Å². The number of hydrogen-bond donors (Lipinski definition) is 1. The Labute approximate surface area is 130 Å². The molecular formula is C11H7Br2ClN2OS. The van der Waals surface area contributed by atoms with Crippen LogP contribution in [0.1, 0.15) is 15.2 Å². The third-order valence-electron chi connectivity index (χ3n) is 2.10. The lowest BCUT2D eigenvalue weighted by atomic mass is 10.2. The largest absolute Gasteiger partial charge is 0.347 e. The van der Waals surface area contributed by atoms with Crippen molar-refractivity contribution in [2.45, 2.75) is 6.54 Å². The molecule has 0 spiro atoms. The van der Waals surface area contributed by atoms with Crippen molar-refractivity contribution in [1.29, 1.82) is 0 Å². The Morgan fingerprint density at radius 1 is 1.39 bits per heavy atom. The van der Waals surface area contributed by atoms with Gasteiger partial charge >= 0.3 is 0 Å². The molecule has 0 fully saturated rings. The number of hydrogen-bond acceptors (Lipinski definition) is 3. The molecule has 1 amide bonds. The number of pyridine rings is 1. The smallest absolute Gasteiger partial charge is 0.254 e. The predicted octanol–water partition coefficient (Wildman–Crippen LogP) is 4.25. The molecule has 3 nitrogen and oxygen atoms in total. The molecule has 7 heteroatoms. The van der Waals surface area contributed by atoms with E-state index in [2.05, 4.69) is 42.2 Å². The molecule has 0 bridgehead atoms. The second-order valence-electron chi connectivity index (χ2n) is 3.41. The summed E-state index contributed by atoms with van der Waals surface area (Å²) in [6.45, 7) is 0.470. The van der Waals surface area contributed by atoms with E-state index in [1.165, 1.54) is 0 Å². The first-order valence-corrected chi connectivity index (χ1v) is 7.73. The number of carbonyl (C=O) groups is 1. The third kappa shape index (κ3) is 3.54. The van der Waals surface area contributed by atoms with Gasteiger partial charge in [0.05, 0.1) is 12.1 Å². The van der Waals surface area contributed by atoms with E-state index >= 15 is 0 Å². The lowest BCUT2D eigenvalue weighted by Crippen LogP contribution is -2.22. The summed E-state index contributed by atoms with van der Waals surface area (Å²) in [5.74, 6) is -0.238. The van der Waals surface area contributed by atoms with Crippen molar-refractivity contribution in [2.24, 2.45) is 0 Å². The van der Waals surface area contributed by atoms with Crippen LogP contribution in [0.2, 0.25) is 5.15 Å². The van der Waals surface area contributed by atoms with Crippen molar-refractivity contribution < 1.29 is 4.79 Å². The van der Waals surface area contributed by atoms with Gasteiger partial charge in [0.25, 0.3) is 5.91 Å². The fourth-order valence-electron chi connectivity index (χ4n) is 1.29. The molecule has 0 aromatic carbocycles. The number of aromatic nitrogens is 1. The maximum atomic E-state index is 11.9. The Balaban J connectivity index is 2.05. The standard InChI is InChI=1S/C11H7Br2ClN2OS/c12-6-2-9(10(14)15-3-6)11(17)16-4-8-1-7(13)5-18-8/h1-3,5H,4H2,(H,16,17). The number of nitrogens with one attached hydrogen (secondary N) is 1. The Hall–Kier alpha value is -0.430. The normalized spacial score (nSPS) is 10.4. The molecule has 0 saturated heterocycles. The fourth-order valence-corrected chi connectivity index (χ4v) is 3.20. The molecule has 94 valence electrons. The third-order valence-corrected chi connectivity index (χ3v) is 4.53. The number of amides is 1. The van der Waals surface area contributed by atoms with Gasteiger partial charge in [-0.2, -0.15) is 0 Å². The van der Waals surface area contributed by atoms with Crippen LogP contribution in [0.3, 0.4) is 0 Å². The summed E-state index contributed by atoms with van der Waals surface area (Å²) in [6.07, 6.45) is 1.55. The topological polar surface area (TPSA) is 42.0 Å². The van der Waals surface area contributed by atoms with Crippen molar-refractivity contribution in [3.8, 4) is 0 Å². The van der Waals surface area contributed by atoms with Gasteiger partial charge in [0.15, 0.2) is 0 Å². The fraction of sp³-hybridized carbons (Fsp3) is 0.0909. The van der Waals surface area contributed by atoms with Crippen molar-refractivity contribution in [3.05, 3.63) is 48.2 Å². The molecule has 0 saturated carbocycles. The minimum absolute atomic E-state index is 0.197. The lowest BCUT2D eigenvalue weighted by Gasteiger charge is -2.05. The second-order valence-corrected chi connectivity index (χ2v) is 6.59. The Morgan fingerprint density at radius 2 is 2.17 bits per heavy atom. The average Bonchev–Trinajstić information content (AvgIpc) is 2.75. The van der Waals surface area contributed by atoms with Gasteiger partial charge in [0.1, 0.15) is 5.15 Å². The highest BCUT2D eigenvalue weighted by Crippen LogP contribution is 2.20. The number of thiophene rings is 1.